The molecule has 2 heterocycles. The molecule has 2 aliphatic rings. The largest absolute Gasteiger partial charge is 0.368 e. The van der Waals surface area contributed by atoms with E-state index in [1.165, 1.54) is 11.3 Å². The number of carbonyl (C=O) groups is 1. The molecule has 1 aliphatic carbocycles. The molecule has 6 nitrogen and oxygen atoms in total. The van der Waals surface area contributed by atoms with Gasteiger partial charge in [-0.25, -0.2) is 0 Å². The van der Waals surface area contributed by atoms with E-state index in [2.05, 4.69) is 49.1 Å². The Labute approximate surface area is 189 Å². The summed E-state index contributed by atoms with van der Waals surface area (Å²) < 4.78 is 1.81. The van der Waals surface area contributed by atoms with E-state index in [0.29, 0.717) is 5.56 Å². The lowest BCUT2D eigenvalue weighted by atomic mass is 10.1. The minimum absolute atomic E-state index is 0.101. The Hall–Kier alpha value is -3.59. The first-order chi connectivity index (χ1) is 15.6. The number of carbonyl (C=O) groups excluding carboxylic acids is 1. The van der Waals surface area contributed by atoms with Crippen LogP contribution < -0.4 is 0 Å². The molecule has 0 radical (unpaired) electrons. The molecule has 1 amide bonds. The molecule has 0 unspecified atom stereocenters. The Balaban J connectivity index is 1.42. The van der Waals surface area contributed by atoms with E-state index in [4.69, 9.17) is 10.4 Å². The Kier molecular flexibility index (Phi) is 6.55. The van der Waals surface area contributed by atoms with Gasteiger partial charge in [-0.3, -0.25) is 9.48 Å². The van der Waals surface area contributed by atoms with Crippen molar-refractivity contribution in [2.75, 3.05) is 26.2 Å². The number of rotatable bonds is 5. The van der Waals surface area contributed by atoms with E-state index in [0.717, 1.165) is 56.0 Å². The van der Waals surface area contributed by atoms with Gasteiger partial charge in [0.25, 0.3) is 0 Å². The minimum atomic E-state index is 0.101. The summed E-state index contributed by atoms with van der Waals surface area (Å²) in [6.45, 7) is 7.61. The Bertz CT molecular complexity index is 1120. The van der Waals surface area contributed by atoms with E-state index in [9.17, 15) is 4.79 Å². The van der Waals surface area contributed by atoms with Crippen molar-refractivity contribution in [2.24, 2.45) is 0 Å². The molecule has 6 heteroatoms. The molecule has 1 saturated heterocycles. The molecule has 32 heavy (non-hydrogen) atoms. The van der Waals surface area contributed by atoms with Gasteiger partial charge in [0.15, 0.2) is 0 Å². The van der Waals surface area contributed by atoms with Crippen LogP contribution in [0.1, 0.15) is 31.5 Å². The highest BCUT2D eigenvalue weighted by atomic mass is 16.2. The molecule has 0 spiro atoms. The lowest BCUT2D eigenvalue weighted by Gasteiger charge is -2.37. The fraction of sp³-hybridized carbons (Fsp3) is 0.346. The van der Waals surface area contributed by atoms with E-state index >= 15 is 0 Å². The van der Waals surface area contributed by atoms with E-state index in [1.54, 1.807) is 6.07 Å². The predicted molar refractivity (Wildman–Crippen MR) is 126 cm³/mol. The molecule has 1 fully saturated rings. The second-order valence-corrected chi connectivity index (χ2v) is 8.25. The minimum Gasteiger partial charge on any atom is -0.368 e. The number of piperazine rings is 1. The van der Waals surface area contributed by atoms with Crippen LogP contribution >= 0.6 is 0 Å². The molecule has 164 valence electrons. The van der Waals surface area contributed by atoms with Crippen LogP contribution in [-0.4, -0.2) is 51.7 Å². The van der Waals surface area contributed by atoms with Crippen LogP contribution in [0.5, 0.6) is 0 Å². The maximum absolute atomic E-state index is 13.1. The van der Waals surface area contributed by atoms with Gasteiger partial charge in [-0.2, -0.15) is 10.4 Å². The summed E-state index contributed by atoms with van der Waals surface area (Å²) in [5, 5.41) is 13.9. The van der Waals surface area contributed by atoms with Crippen LogP contribution in [-0.2, 0) is 17.8 Å². The number of nitriles is 1. The summed E-state index contributed by atoms with van der Waals surface area (Å²) in [5.41, 5.74) is 5.97. The molecule has 4 rings (SSSR count). The van der Waals surface area contributed by atoms with Crippen LogP contribution in [0.4, 0.5) is 0 Å². The fourth-order valence-corrected chi connectivity index (χ4v) is 4.28. The maximum Gasteiger partial charge on any atom is 0.244 e. The van der Waals surface area contributed by atoms with Crippen molar-refractivity contribution in [3.05, 3.63) is 77.2 Å². The second kappa shape index (κ2) is 9.69. The third-order valence-corrected chi connectivity index (χ3v) is 6.13. The van der Waals surface area contributed by atoms with Gasteiger partial charge in [0.2, 0.25) is 5.91 Å². The predicted octanol–water partition coefficient (Wildman–Crippen LogP) is 3.92. The lowest BCUT2D eigenvalue weighted by Crippen LogP contribution is -2.49. The maximum atomic E-state index is 13.1. The van der Waals surface area contributed by atoms with Crippen molar-refractivity contribution in [1.29, 1.82) is 5.26 Å². The number of nitrogens with zero attached hydrogens (tertiary/aromatic N) is 5. The summed E-state index contributed by atoms with van der Waals surface area (Å²) in [7, 11) is 0. The monoisotopic (exact) mass is 427 g/mol. The van der Waals surface area contributed by atoms with Crippen molar-refractivity contribution < 1.29 is 4.79 Å². The highest BCUT2D eigenvalue weighted by molar-refractivity contribution is 5.76. The molecule has 2 aromatic rings. The number of aromatic nitrogens is 2. The van der Waals surface area contributed by atoms with Gasteiger partial charge in [-0.1, -0.05) is 37.3 Å². The lowest BCUT2D eigenvalue weighted by molar-refractivity contribution is -0.133. The third-order valence-electron chi connectivity index (χ3n) is 6.13. The number of allylic oxidation sites excluding steroid dienone is 5. The fourth-order valence-electron chi connectivity index (χ4n) is 4.28. The van der Waals surface area contributed by atoms with Crippen molar-refractivity contribution in [2.45, 2.75) is 33.2 Å². The SMILES string of the molecule is CCc1cc(-c2cccc(C#N)c2)nn1CC(=O)N1CCN(C2=C(C)CC=CC=C2)CC1. The number of benzene rings is 1. The molecule has 1 aromatic carbocycles. The van der Waals surface area contributed by atoms with Crippen molar-refractivity contribution in [3.63, 3.8) is 0 Å². The highest BCUT2D eigenvalue weighted by Gasteiger charge is 2.23. The number of amides is 1. The average Bonchev–Trinajstić information content (AvgIpc) is 3.11. The summed E-state index contributed by atoms with van der Waals surface area (Å²) in [6.07, 6.45) is 10.3. The van der Waals surface area contributed by atoms with Crippen molar-refractivity contribution in [3.8, 4) is 17.3 Å². The number of hydrogen-bond acceptors (Lipinski definition) is 4. The number of hydrogen-bond donors (Lipinski definition) is 0. The third kappa shape index (κ3) is 4.67. The molecular weight excluding hydrogens is 398 g/mol. The van der Waals surface area contributed by atoms with Crippen LogP contribution in [0.3, 0.4) is 0 Å². The van der Waals surface area contributed by atoms with Gasteiger partial charge in [0.05, 0.1) is 17.3 Å². The zero-order chi connectivity index (χ0) is 22.5. The van der Waals surface area contributed by atoms with Crippen LogP contribution in [0, 0.1) is 11.3 Å². The van der Waals surface area contributed by atoms with E-state index in [1.807, 2.05) is 33.8 Å². The zero-order valence-corrected chi connectivity index (χ0v) is 18.8. The van der Waals surface area contributed by atoms with E-state index in [-0.39, 0.29) is 12.5 Å². The van der Waals surface area contributed by atoms with Crippen LogP contribution in [0.15, 0.2) is 65.9 Å². The first-order valence-corrected chi connectivity index (χ1v) is 11.2. The van der Waals surface area contributed by atoms with Crippen molar-refractivity contribution in [1.82, 2.24) is 19.6 Å². The van der Waals surface area contributed by atoms with Gasteiger partial charge >= 0.3 is 0 Å². The quantitative estimate of drug-likeness (QED) is 0.726. The molecular formula is C26H29N5O. The van der Waals surface area contributed by atoms with Crippen LogP contribution in [0.25, 0.3) is 11.3 Å². The molecule has 0 saturated carbocycles. The molecule has 0 bridgehead atoms. The molecule has 0 atom stereocenters. The smallest absolute Gasteiger partial charge is 0.244 e. The van der Waals surface area contributed by atoms with Gasteiger partial charge in [-0.05, 0) is 49.6 Å². The topological polar surface area (TPSA) is 65.2 Å². The Morgan fingerprint density at radius 1 is 1.16 bits per heavy atom. The van der Waals surface area contributed by atoms with Gasteiger partial charge < -0.3 is 9.80 Å². The molecule has 1 aromatic heterocycles. The van der Waals surface area contributed by atoms with Gasteiger partial charge in [-0.15, -0.1) is 0 Å². The molecule has 1 aliphatic heterocycles. The molecule has 0 N–H and O–H groups in total. The summed E-state index contributed by atoms with van der Waals surface area (Å²) in [4.78, 5) is 17.4. The Morgan fingerprint density at radius 2 is 1.97 bits per heavy atom. The second-order valence-electron chi connectivity index (χ2n) is 8.25. The van der Waals surface area contributed by atoms with E-state index < -0.39 is 0 Å². The summed E-state index contributed by atoms with van der Waals surface area (Å²) in [5.74, 6) is 0.101. The first-order valence-electron chi connectivity index (χ1n) is 11.2. The number of aryl methyl sites for hydroxylation is 1. The average molecular weight is 428 g/mol. The summed E-state index contributed by atoms with van der Waals surface area (Å²) in [6, 6.07) is 11.6. The normalized spacial score (nSPS) is 16.3. The van der Waals surface area contributed by atoms with Gasteiger partial charge in [0.1, 0.15) is 6.54 Å². The van der Waals surface area contributed by atoms with Crippen molar-refractivity contribution >= 4 is 5.91 Å². The van der Waals surface area contributed by atoms with Gasteiger partial charge in [0, 0.05) is 43.1 Å². The zero-order valence-electron chi connectivity index (χ0n) is 18.8. The first kappa shape index (κ1) is 21.6. The van der Waals surface area contributed by atoms with Crippen LogP contribution in [0.2, 0.25) is 0 Å². The highest BCUT2D eigenvalue weighted by Crippen LogP contribution is 2.22. The Morgan fingerprint density at radius 3 is 2.72 bits per heavy atom. The standard InChI is InChI=1S/C26H29N5O/c1-3-23-17-24(22-10-7-9-21(16-22)18-27)28-31(23)19-26(32)30-14-12-29(13-15-30)25-11-6-4-5-8-20(25)2/h4-7,9-11,16-17H,3,8,12-15,19H2,1-2H3. The summed E-state index contributed by atoms with van der Waals surface area (Å²) >= 11 is 0.